The first-order valence-electron chi connectivity index (χ1n) is 7.60. The van der Waals surface area contributed by atoms with Crippen molar-refractivity contribution >= 4 is 26.9 Å². The standard InChI is InChI=1S/C16H18N2O4S/c1-2-11-9-14(16(19)20)13-10-12(5-6-15(13)17-11)23(21,22)18-7-3-4-8-18/h5-6,9-10H,2-4,7-8H2,1H3,(H,19,20). The third kappa shape index (κ3) is 2.82. The summed E-state index contributed by atoms with van der Waals surface area (Å²) in [6.07, 6.45) is 2.33. The number of rotatable bonds is 4. The van der Waals surface area contributed by atoms with Crippen LogP contribution in [0.5, 0.6) is 0 Å². The van der Waals surface area contributed by atoms with Gasteiger partial charge in [-0.25, -0.2) is 13.2 Å². The van der Waals surface area contributed by atoms with Crippen LogP contribution in [-0.2, 0) is 16.4 Å². The monoisotopic (exact) mass is 334 g/mol. The van der Waals surface area contributed by atoms with E-state index in [0.29, 0.717) is 36.1 Å². The molecular weight excluding hydrogens is 316 g/mol. The molecule has 0 unspecified atom stereocenters. The molecular formula is C16H18N2O4S. The van der Waals surface area contributed by atoms with E-state index in [0.717, 1.165) is 12.8 Å². The summed E-state index contributed by atoms with van der Waals surface area (Å²) in [4.78, 5) is 16.0. The predicted molar refractivity (Wildman–Crippen MR) is 86.1 cm³/mol. The minimum absolute atomic E-state index is 0.0883. The van der Waals surface area contributed by atoms with Crippen LogP contribution in [0.25, 0.3) is 10.9 Å². The zero-order valence-corrected chi connectivity index (χ0v) is 13.6. The Balaban J connectivity index is 2.18. The smallest absolute Gasteiger partial charge is 0.336 e. The average Bonchev–Trinajstić information content (AvgIpc) is 3.08. The van der Waals surface area contributed by atoms with Crippen LogP contribution in [0.3, 0.4) is 0 Å². The number of carboxylic acids is 1. The first kappa shape index (κ1) is 15.9. The molecule has 0 radical (unpaired) electrons. The summed E-state index contributed by atoms with van der Waals surface area (Å²) in [5.41, 5.74) is 1.26. The van der Waals surface area contributed by atoms with Gasteiger partial charge in [0.1, 0.15) is 0 Å². The average molecular weight is 334 g/mol. The number of pyridine rings is 1. The van der Waals surface area contributed by atoms with Crippen molar-refractivity contribution in [1.82, 2.24) is 9.29 Å². The number of carbonyl (C=O) groups is 1. The molecule has 2 heterocycles. The van der Waals surface area contributed by atoms with E-state index < -0.39 is 16.0 Å². The van der Waals surface area contributed by atoms with Gasteiger partial charge < -0.3 is 5.11 Å². The zero-order chi connectivity index (χ0) is 16.6. The number of carboxylic acid groups (broad SMARTS) is 1. The van der Waals surface area contributed by atoms with Crippen molar-refractivity contribution < 1.29 is 18.3 Å². The van der Waals surface area contributed by atoms with E-state index >= 15 is 0 Å². The van der Waals surface area contributed by atoms with Crippen molar-refractivity contribution in [2.45, 2.75) is 31.1 Å². The highest BCUT2D eigenvalue weighted by Crippen LogP contribution is 2.26. The summed E-state index contributed by atoms with van der Waals surface area (Å²) in [6, 6.07) is 6.04. The number of aromatic carboxylic acids is 1. The third-order valence-electron chi connectivity index (χ3n) is 4.13. The Morgan fingerprint density at radius 3 is 2.57 bits per heavy atom. The molecule has 3 rings (SSSR count). The molecule has 1 aromatic carbocycles. The summed E-state index contributed by atoms with van der Waals surface area (Å²) in [7, 11) is -3.58. The van der Waals surface area contributed by atoms with Gasteiger partial charge in [-0.05, 0) is 43.5 Å². The molecule has 0 bridgehead atoms. The van der Waals surface area contributed by atoms with Gasteiger partial charge in [0.05, 0.1) is 16.0 Å². The van der Waals surface area contributed by atoms with Crippen LogP contribution >= 0.6 is 0 Å². The second-order valence-corrected chi connectivity index (χ2v) is 7.55. The Labute approximate surface area is 134 Å². The van der Waals surface area contributed by atoms with E-state index in [4.69, 9.17) is 0 Å². The van der Waals surface area contributed by atoms with Crippen LogP contribution in [0.15, 0.2) is 29.2 Å². The Morgan fingerprint density at radius 1 is 1.26 bits per heavy atom. The lowest BCUT2D eigenvalue weighted by Gasteiger charge is -2.16. The van der Waals surface area contributed by atoms with Crippen molar-refractivity contribution in [1.29, 1.82) is 0 Å². The molecule has 1 aromatic heterocycles. The maximum Gasteiger partial charge on any atom is 0.336 e. The molecule has 1 saturated heterocycles. The van der Waals surface area contributed by atoms with Gasteiger partial charge in [0.2, 0.25) is 10.0 Å². The Hall–Kier alpha value is -1.99. The van der Waals surface area contributed by atoms with Gasteiger partial charge in [0, 0.05) is 24.2 Å². The molecule has 0 aliphatic carbocycles. The van der Waals surface area contributed by atoms with E-state index in [2.05, 4.69) is 4.98 Å². The lowest BCUT2D eigenvalue weighted by Crippen LogP contribution is -2.27. The number of nitrogens with zero attached hydrogens (tertiary/aromatic N) is 2. The lowest BCUT2D eigenvalue weighted by molar-refractivity contribution is 0.0699. The van der Waals surface area contributed by atoms with E-state index in [9.17, 15) is 18.3 Å². The van der Waals surface area contributed by atoms with E-state index in [1.165, 1.54) is 22.5 Å². The van der Waals surface area contributed by atoms with Crippen LogP contribution < -0.4 is 0 Å². The maximum absolute atomic E-state index is 12.6. The number of aryl methyl sites for hydroxylation is 1. The third-order valence-corrected chi connectivity index (χ3v) is 6.02. The minimum atomic E-state index is -3.58. The quantitative estimate of drug-likeness (QED) is 0.927. The number of fused-ring (bicyclic) bond motifs is 1. The molecule has 1 N–H and O–H groups in total. The summed E-state index contributed by atoms with van der Waals surface area (Å²) >= 11 is 0. The van der Waals surface area contributed by atoms with Crippen molar-refractivity contribution in [3.05, 3.63) is 35.5 Å². The number of aromatic nitrogens is 1. The highest BCUT2D eigenvalue weighted by atomic mass is 32.2. The van der Waals surface area contributed by atoms with Gasteiger partial charge in [-0.2, -0.15) is 4.31 Å². The molecule has 1 fully saturated rings. The van der Waals surface area contributed by atoms with Crippen molar-refractivity contribution in [3.8, 4) is 0 Å². The molecule has 6 nitrogen and oxygen atoms in total. The minimum Gasteiger partial charge on any atom is -0.478 e. The highest BCUT2D eigenvalue weighted by molar-refractivity contribution is 7.89. The van der Waals surface area contributed by atoms with Gasteiger partial charge in [-0.1, -0.05) is 6.92 Å². The van der Waals surface area contributed by atoms with Gasteiger partial charge in [-0.15, -0.1) is 0 Å². The first-order valence-corrected chi connectivity index (χ1v) is 9.04. The Morgan fingerprint density at radius 2 is 1.96 bits per heavy atom. The number of sulfonamides is 1. The topological polar surface area (TPSA) is 87.6 Å². The fraction of sp³-hybridized carbons (Fsp3) is 0.375. The van der Waals surface area contributed by atoms with Gasteiger partial charge in [0.25, 0.3) is 0 Å². The molecule has 0 atom stereocenters. The molecule has 122 valence electrons. The maximum atomic E-state index is 12.6. The van der Waals surface area contributed by atoms with Crippen molar-refractivity contribution in [2.75, 3.05) is 13.1 Å². The molecule has 0 amide bonds. The van der Waals surface area contributed by atoms with Crippen LogP contribution in [0.1, 0.15) is 35.8 Å². The zero-order valence-electron chi connectivity index (χ0n) is 12.8. The van der Waals surface area contributed by atoms with Crippen molar-refractivity contribution in [3.63, 3.8) is 0 Å². The lowest BCUT2D eigenvalue weighted by atomic mass is 10.1. The number of hydrogen-bond acceptors (Lipinski definition) is 4. The summed E-state index contributed by atoms with van der Waals surface area (Å²) in [5.74, 6) is -1.08. The normalized spacial score (nSPS) is 16.0. The van der Waals surface area contributed by atoms with Gasteiger partial charge >= 0.3 is 5.97 Å². The van der Waals surface area contributed by atoms with E-state index in [-0.39, 0.29) is 10.5 Å². The first-order chi connectivity index (χ1) is 10.9. The van der Waals surface area contributed by atoms with Crippen LogP contribution in [0, 0.1) is 0 Å². The predicted octanol–water partition coefficient (Wildman–Crippen LogP) is 2.28. The van der Waals surface area contributed by atoms with Crippen molar-refractivity contribution in [2.24, 2.45) is 0 Å². The fourth-order valence-corrected chi connectivity index (χ4v) is 4.40. The summed E-state index contributed by atoms with van der Waals surface area (Å²) in [5, 5.41) is 9.78. The van der Waals surface area contributed by atoms with Gasteiger partial charge in [0.15, 0.2) is 0 Å². The Kier molecular flexibility index (Phi) is 4.08. The fourth-order valence-electron chi connectivity index (χ4n) is 2.86. The molecule has 0 spiro atoms. The van der Waals surface area contributed by atoms with Crippen LogP contribution in [0.2, 0.25) is 0 Å². The largest absolute Gasteiger partial charge is 0.478 e. The Bertz CT molecular complexity index is 871. The van der Waals surface area contributed by atoms with Crippen LogP contribution in [-0.4, -0.2) is 41.9 Å². The number of benzene rings is 1. The van der Waals surface area contributed by atoms with E-state index in [1.54, 1.807) is 6.07 Å². The second kappa shape index (κ2) is 5.90. The van der Waals surface area contributed by atoms with Crippen LogP contribution in [0.4, 0.5) is 0 Å². The molecule has 23 heavy (non-hydrogen) atoms. The molecule has 1 aliphatic heterocycles. The SMILES string of the molecule is CCc1cc(C(=O)O)c2cc(S(=O)(=O)N3CCCC3)ccc2n1. The highest BCUT2D eigenvalue weighted by Gasteiger charge is 2.27. The summed E-state index contributed by atoms with van der Waals surface area (Å²) in [6.45, 7) is 2.92. The van der Waals surface area contributed by atoms with Gasteiger partial charge in [-0.3, -0.25) is 4.98 Å². The molecule has 2 aromatic rings. The molecule has 7 heteroatoms. The van der Waals surface area contributed by atoms with E-state index in [1.807, 2.05) is 6.92 Å². The molecule has 0 saturated carbocycles. The number of hydrogen-bond donors (Lipinski definition) is 1. The molecule has 1 aliphatic rings. The second-order valence-electron chi connectivity index (χ2n) is 5.61. The summed E-state index contributed by atoms with van der Waals surface area (Å²) < 4.78 is 26.7.